The normalized spacial score (nSPS) is 11.8. The van der Waals surface area contributed by atoms with Gasteiger partial charge in [-0.2, -0.15) is 0 Å². The summed E-state index contributed by atoms with van der Waals surface area (Å²) in [6, 6.07) is 9.06. The molecule has 0 bridgehead atoms. The van der Waals surface area contributed by atoms with Crippen molar-refractivity contribution in [3.05, 3.63) is 47.8 Å². The van der Waals surface area contributed by atoms with Crippen LogP contribution >= 0.6 is 0 Å². The topological polar surface area (TPSA) is 50.7 Å². The van der Waals surface area contributed by atoms with Gasteiger partial charge in [-0.25, -0.2) is 4.39 Å². The molecule has 21 heavy (non-hydrogen) atoms. The summed E-state index contributed by atoms with van der Waals surface area (Å²) in [7, 11) is 3.05. The third-order valence-electron chi connectivity index (χ3n) is 3.24. The number of phenolic OH excluding ortho intramolecular Hbond substituents is 1. The Kier molecular flexibility index (Phi) is 4.52. The van der Waals surface area contributed by atoms with Gasteiger partial charge in [-0.1, -0.05) is 0 Å². The molecule has 5 heteroatoms. The number of hydrogen-bond acceptors (Lipinski definition) is 4. The van der Waals surface area contributed by atoms with Crippen molar-refractivity contribution in [2.75, 3.05) is 19.5 Å². The molecule has 2 aromatic rings. The van der Waals surface area contributed by atoms with Crippen LogP contribution in [0.5, 0.6) is 17.2 Å². The van der Waals surface area contributed by atoms with Gasteiger partial charge >= 0.3 is 0 Å². The van der Waals surface area contributed by atoms with Gasteiger partial charge in [0.1, 0.15) is 23.1 Å². The van der Waals surface area contributed by atoms with Gasteiger partial charge in [-0.3, -0.25) is 0 Å². The summed E-state index contributed by atoms with van der Waals surface area (Å²) in [5.74, 6) is 0.859. The van der Waals surface area contributed by atoms with E-state index in [1.165, 1.54) is 19.2 Å². The van der Waals surface area contributed by atoms with Crippen LogP contribution in [-0.2, 0) is 0 Å². The zero-order valence-electron chi connectivity index (χ0n) is 12.2. The molecule has 2 N–H and O–H groups in total. The third kappa shape index (κ3) is 3.37. The first-order valence-electron chi connectivity index (χ1n) is 6.52. The fourth-order valence-electron chi connectivity index (χ4n) is 2.10. The van der Waals surface area contributed by atoms with E-state index in [-0.39, 0.29) is 17.6 Å². The molecule has 4 nitrogen and oxygen atoms in total. The van der Waals surface area contributed by atoms with Crippen molar-refractivity contribution >= 4 is 5.69 Å². The SMILES string of the molecule is COc1ccc(O)c(C(C)Nc2ccc(F)cc2OC)c1. The molecule has 0 spiro atoms. The number of aromatic hydroxyl groups is 1. The fraction of sp³-hybridized carbons (Fsp3) is 0.250. The minimum Gasteiger partial charge on any atom is -0.508 e. The van der Waals surface area contributed by atoms with E-state index in [2.05, 4.69) is 5.32 Å². The van der Waals surface area contributed by atoms with Crippen molar-refractivity contribution in [1.82, 2.24) is 0 Å². The molecule has 112 valence electrons. The second-order valence-corrected chi connectivity index (χ2v) is 4.64. The molecule has 0 heterocycles. The molecule has 0 fully saturated rings. The van der Waals surface area contributed by atoms with E-state index in [0.29, 0.717) is 22.7 Å². The monoisotopic (exact) mass is 291 g/mol. The number of benzene rings is 2. The number of rotatable bonds is 5. The van der Waals surface area contributed by atoms with Gasteiger partial charge in [0.05, 0.1) is 25.9 Å². The number of ether oxygens (including phenoxy) is 2. The average Bonchev–Trinajstić information content (AvgIpc) is 2.49. The van der Waals surface area contributed by atoms with E-state index in [1.54, 1.807) is 31.4 Å². The molecule has 2 rings (SSSR count). The Hall–Kier alpha value is -2.43. The number of phenols is 1. The van der Waals surface area contributed by atoms with Crippen LogP contribution in [0.2, 0.25) is 0 Å². The van der Waals surface area contributed by atoms with Crippen molar-refractivity contribution in [3.8, 4) is 17.2 Å². The first kappa shape index (κ1) is 15.0. The molecular formula is C16H18FNO3. The van der Waals surface area contributed by atoms with Crippen LogP contribution in [0.15, 0.2) is 36.4 Å². The zero-order chi connectivity index (χ0) is 15.4. The molecule has 0 aliphatic heterocycles. The zero-order valence-corrected chi connectivity index (χ0v) is 12.2. The summed E-state index contributed by atoms with van der Waals surface area (Å²) in [5.41, 5.74) is 1.33. The minimum atomic E-state index is -0.366. The Morgan fingerprint density at radius 1 is 1.10 bits per heavy atom. The standard InChI is InChI=1S/C16H18FNO3/c1-10(13-9-12(20-2)5-7-15(13)19)18-14-6-4-11(17)8-16(14)21-3/h4-10,18-19H,1-3H3. The molecule has 0 aliphatic carbocycles. The first-order chi connectivity index (χ1) is 10.0. The molecule has 0 aliphatic rings. The number of halogens is 1. The lowest BCUT2D eigenvalue weighted by Crippen LogP contribution is -2.08. The number of anilines is 1. The fourth-order valence-corrected chi connectivity index (χ4v) is 2.10. The van der Waals surface area contributed by atoms with Crippen molar-refractivity contribution in [1.29, 1.82) is 0 Å². The van der Waals surface area contributed by atoms with Crippen LogP contribution < -0.4 is 14.8 Å². The maximum Gasteiger partial charge on any atom is 0.144 e. The van der Waals surface area contributed by atoms with Crippen molar-refractivity contribution in [2.24, 2.45) is 0 Å². The molecule has 1 unspecified atom stereocenters. The molecule has 2 aromatic carbocycles. The summed E-state index contributed by atoms with van der Waals surface area (Å²) in [6.45, 7) is 1.89. The van der Waals surface area contributed by atoms with Gasteiger partial charge in [0.25, 0.3) is 0 Å². The van der Waals surface area contributed by atoms with E-state index in [4.69, 9.17) is 9.47 Å². The second-order valence-electron chi connectivity index (χ2n) is 4.64. The third-order valence-corrected chi connectivity index (χ3v) is 3.24. The van der Waals surface area contributed by atoms with E-state index in [1.807, 2.05) is 6.92 Å². The number of methoxy groups -OCH3 is 2. The highest BCUT2D eigenvalue weighted by Gasteiger charge is 2.14. The van der Waals surface area contributed by atoms with Gasteiger partial charge in [0.15, 0.2) is 0 Å². The van der Waals surface area contributed by atoms with E-state index in [9.17, 15) is 9.50 Å². The highest BCUT2D eigenvalue weighted by atomic mass is 19.1. The largest absolute Gasteiger partial charge is 0.508 e. The number of nitrogens with one attached hydrogen (secondary N) is 1. The average molecular weight is 291 g/mol. The molecule has 0 saturated carbocycles. The summed E-state index contributed by atoms with van der Waals surface area (Å²) in [4.78, 5) is 0. The predicted molar refractivity (Wildman–Crippen MR) is 79.6 cm³/mol. The lowest BCUT2D eigenvalue weighted by Gasteiger charge is -2.19. The predicted octanol–water partition coefficient (Wildman–Crippen LogP) is 3.72. The van der Waals surface area contributed by atoms with Gasteiger partial charge in [-0.05, 0) is 37.3 Å². The lowest BCUT2D eigenvalue weighted by atomic mass is 10.1. The van der Waals surface area contributed by atoms with Crippen molar-refractivity contribution in [2.45, 2.75) is 13.0 Å². The van der Waals surface area contributed by atoms with Crippen LogP contribution in [-0.4, -0.2) is 19.3 Å². The van der Waals surface area contributed by atoms with Crippen molar-refractivity contribution in [3.63, 3.8) is 0 Å². The maximum absolute atomic E-state index is 13.2. The van der Waals surface area contributed by atoms with Crippen LogP contribution in [0.3, 0.4) is 0 Å². The van der Waals surface area contributed by atoms with Crippen molar-refractivity contribution < 1.29 is 19.0 Å². The maximum atomic E-state index is 13.2. The highest BCUT2D eigenvalue weighted by molar-refractivity contribution is 5.58. The van der Waals surface area contributed by atoms with Crippen LogP contribution in [0.25, 0.3) is 0 Å². The van der Waals surface area contributed by atoms with Crippen LogP contribution in [0.4, 0.5) is 10.1 Å². The van der Waals surface area contributed by atoms with Gasteiger partial charge in [0, 0.05) is 11.6 Å². The summed E-state index contributed by atoms with van der Waals surface area (Å²) >= 11 is 0. The van der Waals surface area contributed by atoms with Crippen LogP contribution in [0, 0.1) is 5.82 Å². The minimum absolute atomic E-state index is 0.164. The van der Waals surface area contributed by atoms with Gasteiger partial charge in [-0.15, -0.1) is 0 Å². The van der Waals surface area contributed by atoms with Gasteiger partial charge < -0.3 is 19.9 Å². The van der Waals surface area contributed by atoms with E-state index in [0.717, 1.165) is 0 Å². The Labute approximate surface area is 123 Å². The highest BCUT2D eigenvalue weighted by Crippen LogP contribution is 2.33. The van der Waals surface area contributed by atoms with Gasteiger partial charge in [0.2, 0.25) is 0 Å². The molecule has 1 atom stereocenters. The Morgan fingerprint density at radius 2 is 1.86 bits per heavy atom. The molecular weight excluding hydrogens is 273 g/mol. The second kappa shape index (κ2) is 6.35. The molecule has 0 aromatic heterocycles. The van der Waals surface area contributed by atoms with Crippen LogP contribution in [0.1, 0.15) is 18.5 Å². The molecule has 0 saturated heterocycles. The molecule has 0 radical (unpaired) electrons. The lowest BCUT2D eigenvalue weighted by molar-refractivity contribution is 0.409. The summed E-state index contributed by atoms with van der Waals surface area (Å²) < 4.78 is 23.5. The summed E-state index contributed by atoms with van der Waals surface area (Å²) in [6.07, 6.45) is 0. The number of hydrogen-bond donors (Lipinski definition) is 2. The quantitative estimate of drug-likeness (QED) is 0.881. The Bertz CT molecular complexity index is 631. The van der Waals surface area contributed by atoms with E-state index >= 15 is 0 Å². The van der Waals surface area contributed by atoms with E-state index < -0.39 is 0 Å². The Morgan fingerprint density at radius 3 is 2.52 bits per heavy atom. The smallest absolute Gasteiger partial charge is 0.144 e. The molecule has 0 amide bonds. The Balaban J connectivity index is 2.27. The summed E-state index contributed by atoms with van der Waals surface area (Å²) in [5, 5.41) is 13.2. The first-order valence-corrected chi connectivity index (χ1v) is 6.52.